The summed E-state index contributed by atoms with van der Waals surface area (Å²) in [5.41, 5.74) is 4.27. The van der Waals surface area contributed by atoms with Crippen LogP contribution < -0.4 is 15.0 Å². The highest BCUT2D eigenvalue weighted by atomic mass is 16.5. The van der Waals surface area contributed by atoms with E-state index in [2.05, 4.69) is 9.88 Å². The van der Waals surface area contributed by atoms with Crippen LogP contribution in [0.5, 0.6) is 5.75 Å². The molecule has 3 heterocycles. The highest BCUT2D eigenvalue weighted by Crippen LogP contribution is 2.51. The first-order chi connectivity index (χ1) is 14.7. The third-order valence-electron chi connectivity index (χ3n) is 6.13. The molecule has 0 saturated heterocycles. The van der Waals surface area contributed by atoms with Crippen molar-refractivity contribution in [2.24, 2.45) is 0 Å². The van der Waals surface area contributed by atoms with Gasteiger partial charge < -0.3 is 15.0 Å². The second kappa shape index (κ2) is 5.86. The molecule has 2 aliphatic rings. The van der Waals surface area contributed by atoms with Crippen LogP contribution in [0.2, 0.25) is 0 Å². The number of para-hydroxylation sites is 3. The van der Waals surface area contributed by atoms with Gasteiger partial charge >= 0.3 is 0 Å². The average molecular weight is 396 g/mol. The number of anilines is 2. The topological polar surface area (TPSA) is 59.4 Å². The quantitative estimate of drug-likeness (QED) is 0.552. The molecule has 4 aromatic rings. The van der Waals surface area contributed by atoms with Crippen LogP contribution in [0.1, 0.15) is 12.5 Å². The first kappa shape index (κ1) is 17.1. The number of benzene rings is 3. The third-order valence-corrected chi connectivity index (χ3v) is 6.13. The largest absolute Gasteiger partial charge is 0.497 e. The highest BCUT2D eigenvalue weighted by Gasteiger charge is 2.56. The third kappa shape index (κ3) is 1.93. The lowest BCUT2D eigenvalue weighted by molar-refractivity contribution is -0.123. The number of carbonyl (C=O) groups is 1. The summed E-state index contributed by atoms with van der Waals surface area (Å²) < 4.78 is 7.58. The summed E-state index contributed by atoms with van der Waals surface area (Å²) in [6.45, 7) is 2.57. The molecule has 1 amide bonds. The van der Waals surface area contributed by atoms with Gasteiger partial charge in [0.15, 0.2) is 0 Å². The predicted molar refractivity (Wildman–Crippen MR) is 117 cm³/mol. The molecule has 0 unspecified atom stereocenters. The van der Waals surface area contributed by atoms with Crippen LogP contribution in [0.15, 0.2) is 66.7 Å². The lowest BCUT2D eigenvalue weighted by Crippen LogP contribution is -2.53. The van der Waals surface area contributed by atoms with E-state index in [4.69, 9.17) is 9.72 Å². The van der Waals surface area contributed by atoms with Crippen LogP contribution in [0, 0.1) is 0 Å². The Morgan fingerprint density at radius 2 is 1.87 bits per heavy atom. The van der Waals surface area contributed by atoms with Crippen molar-refractivity contribution < 1.29 is 9.53 Å². The average Bonchev–Trinajstić information content (AvgIpc) is 3.28. The van der Waals surface area contributed by atoms with E-state index in [-0.39, 0.29) is 5.91 Å². The molecular formula is C24H20N4O2. The first-order valence-electron chi connectivity index (χ1n) is 10.0. The number of methoxy groups -OCH3 is 1. The van der Waals surface area contributed by atoms with Gasteiger partial charge in [0.25, 0.3) is 5.91 Å². The van der Waals surface area contributed by atoms with Crippen LogP contribution in [-0.2, 0) is 10.5 Å². The van der Waals surface area contributed by atoms with Gasteiger partial charge in [0.05, 0.1) is 23.8 Å². The van der Waals surface area contributed by atoms with E-state index in [0.29, 0.717) is 12.3 Å². The number of amides is 1. The van der Waals surface area contributed by atoms with Crippen molar-refractivity contribution in [3.8, 4) is 17.1 Å². The zero-order valence-electron chi connectivity index (χ0n) is 16.7. The Kier molecular flexibility index (Phi) is 3.34. The molecule has 0 radical (unpaired) electrons. The van der Waals surface area contributed by atoms with E-state index in [0.717, 1.165) is 39.4 Å². The standard InChI is InChI=1S/C24H20N4O2/c1-3-27-20-13-12-15(30-2)14-17(20)24(23(27)29)26-18-9-5-4-8-16(18)22-25-19-10-6-7-11-21(19)28(22)24/h4-14,26H,3H2,1-2H3/t24-/m1/s1. The van der Waals surface area contributed by atoms with Gasteiger partial charge in [-0.2, -0.15) is 0 Å². The number of nitrogens with zero attached hydrogens (tertiary/aromatic N) is 3. The molecule has 2 aliphatic heterocycles. The summed E-state index contributed by atoms with van der Waals surface area (Å²) in [5, 5.41) is 3.60. The molecule has 6 rings (SSSR count). The molecule has 1 atom stereocenters. The molecule has 3 aromatic carbocycles. The van der Waals surface area contributed by atoms with E-state index >= 15 is 0 Å². The van der Waals surface area contributed by atoms with Crippen molar-refractivity contribution in [1.82, 2.24) is 9.55 Å². The van der Waals surface area contributed by atoms with Gasteiger partial charge in [0.1, 0.15) is 11.6 Å². The van der Waals surface area contributed by atoms with E-state index in [1.54, 1.807) is 7.11 Å². The van der Waals surface area contributed by atoms with Crippen LogP contribution in [0.3, 0.4) is 0 Å². The minimum absolute atomic E-state index is 0.0211. The maximum atomic E-state index is 14.1. The lowest BCUT2D eigenvalue weighted by atomic mass is 9.95. The fourth-order valence-corrected chi connectivity index (χ4v) is 4.82. The van der Waals surface area contributed by atoms with Crippen molar-refractivity contribution >= 4 is 28.3 Å². The van der Waals surface area contributed by atoms with Crippen LogP contribution in [-0.4, -0.2) is 29.1 Å². The SMILES string of the molecule is CCN1C(=O)[C@@]2(Nc3ccccc3-c3nc4ccccc4n32)c2cc(OC)ccc21. The number of ether oxygens (including phenoxy) is 1. The summed E-state index contributed by atoms with van der Waals surface area (Å²) in [5.74, 6) is 1.48. The number of likely N-dealkylation sites (N-methyl/N-ethyl adjacent to an activating group) is 1. The van der Waals surface area contributed by atoms with Crippen molar-refractivity contribution in [1.29, 1.82) is 0 Å². The Balaban J connectivity index is 1.78. The molecule has 1 spiro atoms. The minimum Gasteiger partial charge on any atom is -0.497 e. The lowest BCUT2D eigenvalue weighted by Gasteiger charge is -2.38. The van der Waals surface area contributed by atoms with E-state index in [1.807, 2.05) is 78.6 Å². The van der Waals surface area contributed by atoms with Gasteiger partial charge in [-0.3, -0.25) is 9.36 Å². The monoisotopic (exact) mass is 396 g/mol. The minimum atomic E-state index is -1.13. The molecule has 0 fully saturated rings. The number of carbonyl (C=O) groups excluding carboxylic acids is 1. The molecular weight excluding hydrogens is 376 g/mol. The van der Waals surface area contributed by atoms with Crippen LogP contribution >= 0.6 is 0 Å². The molecule has 1 aromatic heterocycles. The predicted octanol–water partition coefficient (Wildman–Crippen LogP) is 4.21. The smallest absolute Gasteiger partial charge is 0.279 e. The van der Waals surface area contributed by atoms with Gasteiger partial charge in [0, 0.05) is 23.4 Å². The van der Waals surface area contributed by atoms with E-state index in [1.165, 1.54) is 0 Å². The van der Waals surface area contributed by atoms with Gasteiger partial charge in [-0.25, -0.2) is 4.98 Å². The Morgan fingerprint density at radius 1 is 1.07 bits per heavy atom. The number of aromatic nitrogens is 2. The van der Waals surface area contributed by atoms with Crippen LogP contribution in [0.4, 0.5) is 11.4 Å². The van der Waals surface area contributed by atoms with E-state index in [9.17, 15) is 4.79 Å². The van der Waals surface area contributed by atoms with Gasteiger partial charge in [-0.15, -0.1) is 0 Å². The Hall–Kier alpha value is -3.80. The molecule has 0 aliphatic carbocycles. The van der Waals surface area contributed by atoms with Crippen molar-refractivity contribution in [2.75, 3.05) is 23.9 Å². The summed E-state index contributed by atoms with van der Waals surface area (Å²) in [7, 11) is 1.64. The maximum Gasteiger partial charge on any atom is 0.279 e. The summed E-state index contributed by atoms with van der Waals surface area (Å²) in [6, 6.07) is 21.8. The van der Waals surface area contributed by atoms with Crippen LogP contribution in [0.25, 0.3) is 22.4 Å². The first-order valence-corrected chi connectivity index (χ1v) is 10.0. The van der Waals surface area contributed by atoms with Gasteiger partial charge in [-0.05, 0) is 49.4 Å². The fraction of sp³-hybridized carbons (Fsp3) is 0.167. The molecule has 6 nitrogen and oxygen atoms in total. The molecule has 0 saturated carbocycles. The zero-order valence-corrected chi connectivity index (χ0v) is 16.7. The van der Waals surface area contributed by atoms with Crippen molar-refractivity contribution in [2.45, 2.75) is 12.6 Å². The van der Waals surface area contributed by atoms with Crippen molar-refractivity contribution in [3.05, 3.63) is 72.3 Å². The fourth-order valence-electron chi connectivity index (χ4n) is 4.82. The maximum absolute atomic E-state index is 14.1. The zero-order chi connectivity index (χ0) is 20.5. The van der Waals surface area contributed by atoms with Gasteiger partial charge in [0.2, 0.25) is 5.66 Å². The highest BCUT2D eigenvalue weighted by molar-refractivity contribution is 6.12. The second-order valence-electron chi connectivity index (χ2n) is 7.57. The molecule has 148 valence electrons. The van der Waals surface area contributed by atoms with Crippen molar-refractivity contribution in [3.63, 3.8) is 0 Å². The number of hydrogen-bond acceptors (Lipinski definition) is 4. The van der Waals surface area contributed by atoms with E-state index < -0.39 is 5.66 Å². The number of imidazole rings is 1. The molecule has 30 heavy (non-hydrogen) atoms. The number of rotatable bonds is 2. The Labute approximate surface area is 173 Å². The summed E-state index contributed by atoms with van der Waals surface area (Å²) in [4.78, 5) is 20.8. The molecule has 6 heteroatoms. The number of nitrogens with one attached hydrogen (secondary N) is 1. The Morgan fingerprint density at radius 3 is 2.70 bits per heavy atom. The normalized spacial score (nSPS) is 18.9. The van der Waals surface area contributed by atoms with Gasteiger partial charge in [-0.1, -0.05) is 24.3 Å². The molecule has 1 N–H and O–H groups in total. The second-order valence-corrected chi connectivity index (χ2v) is 7.57. The number of hydrogen-bond donors (Lipinski definition) is 1. The summed E-state index contributed by atoms with van der Waals surface area (Å²) >= 11 is 0. The summed E-state index contributed by atoms with van der Waals surface area (Å²) in [6.07, 6.45) is 0. The number of fused-ring (bicyclic) bond motifs is 8. The Bertz CT molecular complexity index is 1340. The molecule has 0 bridgehead atoms.